The summed E-state index contributed by atoms with van der Waals surface area (Å²) >= 11 is 0. The van der Waals surface area contributed by atoms with E-state index in [1.165, 1.54) is 6.08 Å². The largest absolute Gasteiger partial charge is 0.369 e. The second kappa shape index (κ2) is 10.4. The van der Waals surface area contributed by atoms with Crippen LogP contribution in [0.5, 0.6) is 0 Å². The lowest BCUT2D eigenvalue weighted by Gasteiger charge is -2.25. The van der Waals surface area contributed by atoms with Gasteiger partial charge < -0.3 is 18.1 Å². The van der Waals surface area contributed by atoms with E-state index in [0.29, 0.717) is 5.56 Å². The molecule has 0 fully saturated rings. The summed E-state index contributed by atoms with van der Waals surface area (Å²) < 4.78 is 48.3. The van der Waals surface area contributed by atoms with Crippen molar-refractivity contribution in [2.75, 3.05) is 26.4 Å². The van der Waals surface area contributed by atoms with E-state index in [-0.39, 0.29) is 31.5 Å². The standard InChI is InChI=1S/C17H28O6P2/c1-6-20-24(18,21-7-2)17(25(19,22-8-3)23-9-4)14-16-12-10-11-15(5)13-16/h10-14H,6-9H2,1-5H3. The van der Waals surface area contributed by atoms with Crippen LogP contribution in [-0.4, -0.2) is 26.4 Å². The van der Waals surface area contributed by atoms with Crippen LogP contribution in [0.15, 0.2) is 29.3 Å². The first-order valence-electron chi connectivity index (χ1n) is 8.42. The fourth-order valence-electron chi connectivity index (χ4n) is 2.24. The molecule has 0 aliphatic rings. The molecule has 1 aromatic carbocycles. The fraction of sp³-hybridized carbons (Fsp3) is 0.529. The predicted molar refractivity (Wildman–Crippen MR) is 101 cm³/mol. The quantitative estimate of drug-likeness (QED) is 0.443. The van der Waals surface area contributed by atoms with E-state index in [1.54, 1.807) is 27.7 Å². The zero-order valence-electron chi connectivity index (χ0n) is 15.6. The number of hydrogen-bond acceptors (Lipinski definition) is 6. The van der Waals surface area contributed by atoms with E-state index in [4.69, 9.17) is 18.1 Å². The van der Waals surface area contributed by atoms with Crippen molar-refractivity contribution in [3.8, 4) is 0 Å². The summed E-state index contributed by atoms with van der Waals surface area (Å²) in [5.74, 6) is 0. The lowest BCUT2D eigenvalue weighted by molar-refractivity contribution is 0.214. The third-order valence-electron chi connectivity index (χ3n) is 3.10. The minimum Gasteiger partial charge on any atom is -0.305 e. The van der Waals surface area contributed by atoms with Crippen LogP contribution in [0.4, 0.5) is 0 Å². The molecule has 0 atom stereocenters. The number of benzene rings is 1. The molecule has 0 amide bonds. The zero-order chi connectivity index (χ0) is 18.9. The van der Waals surface area contributed by atoms with Crippen molar-refractivity contribution in [1.82, 2.24) is 0 Å². The van der Waals surface area contributed by atoms with Gasteiger partial charge in [-0.1, -0.05) is 29.8 Å². The average Bonchev–Trinajstić information content (AvgIpc) is 2.53. The van der Waals surface area contributed by atoms with Gasteiger partial charge in [0, 0.05) is 0 Å². The first kappa shape index (κ1) is 22.3. The topological polar surface area (TPSA) is 71.1 Å². The molecule has 6 nitrogen and oxygen atoms in total. The molecule has 0 N–H and O–H groups in total. The van der Waals surface area contributed by atoms with E-state index >= 15 is 0 Å². The molecule has 0 aliphatic carbocycles. The average molecular weight is 390 g/mol. The SMILES string of the molecule is CCOP(=O)(OCC)C(=Cc1cccc(C)c1)P(=O)(OCC)OCC. The van der Waals surface area contributed by atoms with Crippen LogP contribution in [-0.2, 0) is 27.2 Å². The molecule has 142 valence electrons. The molecule has 0 saturated heterocycles. The van der Waals surface area contributed by atoms with Gasteiger partial charge in [-0.25, -0.2) is 0 Å². The summed E-state index contributed by atoms with van der Waals surface area (Å²) in [7, 11) is -7.69. The monoisotopic (exact) mass is 390 g/mol. The highest BCUT2D eigenvalue weighted by Crippen LogP contribution is 2.74. The molecule has 0 aromatic heterocycles. The third-order valence-corrected chi connectivity index (χ3v) is 8.34. The van der Waals surface area contributed by atoms with Gasteiger partial charge in [-0.15, -0.1) is 0 Å². The summed E-state index contributed by atoms with van der Waals surface area (Å²) in [6.45, 7) is 9.28. The minimum atomic E-state index is -3.84. The number of hydrogen-bond donors (Lipinski definition) is 0. The van der Waals surface area contributed by atoms with E-state index in [1.807, 2.05) is 31.2 Å². The summed E-state index contributed by atoms with van der Waals surface area (Å²) in [6, 6.07) is 7.49. The van der Waals surface area contributed by atoms with Gasteiger partial charge in [0.05, 0.1) is 26.4 Å². The summed E-state index contributed by atoms with van der Waals surface area (Å²) in [5, 5.41) is -0.0713. The molecular formula is C17H28O6P2. The Morgan fingerprint density at radius 2 is 1.32 bits per heavy atom. The molecule has 8 heteroatoms. The third kappa shape index (κ3) is 6.18. The Balaban J connectivity index is 3.59. The highest BCUT2D eigenvalue weighted by molar-refractivity contribution is 7.79. The smallest absolute Gasteiger partial charge is 0.305 e. The Morgan fingerprint density at radius 1 is 0.880 bits per heavy atom. The zero-order valence-corrected chi connectivity index (χ0v) is 17.3. The van der Waals surface area contributed by atoms with Gasteiger partial charge in [-0.2, -0.15) is 0 Å². The van der Waals surface area contributed by atoms with Gasteiger partial charge in [0.1, 0.15) is 0 Å². The van der Waals surface area contributed by atoms with Crippen molar-refractivity contribution in [2.45, 2.75) is 34.6 Å². The minimum absolute atomic E-state index is 0.0713. The first-order chi connectivity index (χ1) is 11.8. The van der Waals surface area contributed by atoms with Crippen molar-refractivity contribution >= 4 is 21.3 Å². The van der Waals surface area contributed by atoms with Crippen molar-refractivity contribution in [3.05, 3.63) is 40.4 Å². The Bertz CT molecular complexity index is 619. The molecule has 1 aromatic rings. The van der Waals surface area contributed by atoms with Crippen LogP contribution in [0, 0.1) is 6.92 Å². The van der Waals surface area contributed by atoms with Crippen molar-refractivity contribution in [1.29, 1.82) is 0 Å². The van der Waals surface area contributed by atoms with Crippen LogP contribution in [0.2, 0.25) is 0 Å². The van der Waals surface area contributed by atoms with E-state index in [2.05, 4.69) is 0 Å². The normalized spacial score (nSPS) is 12.2. The number of rotatable bonds is 11. The molecule has 0 heterocycles. The molecule has 0 unspecified atom stereocenters. The van der Waals surface area contributed by atoms with Crippen LogP contribution in [0.3, 0.4) is 0 Å². The molecule has 1 rings (SSSR count). The summed E-state index contributed by atoms with van der Waals surface area (Å²) in [5.41, 5.74) is 1.73. The second-order valence-electron chi connectivity index (χ2n) is 5.08. The van der Waals surface area contributed by atoms with Crippen LogP contribution >= 0.6 is 15.2 Å². The molecule has 0 bridgehead atoms. The number of aryl methyl sites for hydroxylation is 1. The van der Waals surface area contributed by atoms with Crippen LogP contribution in [0.25, 0.3) is 6.08 Å². The summed E-state index contributed by atoms with van der Waals surface area (Å²) in [6.07, 6.45) is 1.53. The molecular weight excluding hydrogens is 362 g/mol. The molecule has 0 aliphatic heterocycles. The van der Waals surface area contributed by atoms with Gasteiger partial charge in [-0.05, 0) is 46.3 Å². The highest BCUT2D eigenvalue weighted by Gasteiger charge is 2.45. The molecule has 0 spiro atoms. The Labute approximate surface area is 150 Å². The van der Waals surface area contributed by atoms with Gasteiger partial charge in [0.2, 0.25) is 0 Å². The van der Waals surface area contributed by atoms with E-state index < -0.39 is 15.2 Å². The van der Waals surface area contributed by atoms with Gasteiger partial charge in [0.15, 0.2) is 5.06 Å². The highest BCUT2D eigenvalue weighted by atomic mass is 31.2. The Morgan fingerprint density at radius 3 is 1.68 bits per heavy atom. The molecule has 0 radical (unpaired) electrons. The first-order valence-corrected chi connectivity index (χ1v) is 11.5. The van der Waals surface area contributed by atoms with Crippen molar-refractivity contribution in [3.63, 3.8) is 0 Å². The van der Waals surface area contributed by atoms with E-state index in [0.717, 1.165) is 5.56 Å². The summed E-state index contributed by atoms with van der Waals surface area (Å²) in [4.78, 5) is 0. The lowest BCUT2D eigenvalue weighted by atomic mass is 10.1. The Hall–Kier alpha value is -0.740. The van der Waals surface area contributed by atoms with Crippen LogP contribution in [0.1, 0.15) is 38.8 Å². The van der Waals surface area contributed by atoms with Gasteiger partial charge in [-0.3, -0.25) is 9.13 Å². The maximum atomic E-state index is 13.4. The second-order valence-corrected chi connectivity index (χ2v) is 9.42. The van der Waals surface area contributed by atoms with Crippen molar-refractivity contribution in [2.24, 2.45) is 0 Å². The van der Waals surface area contributed by atoms with Crippen LogP contribution < -0.4 is 0 Å². The van der Waals surface area contributed by atoms with Gasteiger partial charge in [0.25, 0.3) is 0 Å². The fourth-order valence-corrected chi connectivity index (χ4v) is 6.78. The molecule has 0 saturated carbocycles. The predicted octanol–water partition coefficient (Wildman–Crippen LogP) is 5.83. The maximum Gasteiger partial charge on any atom is 0.369 e. The maximum absolute atomic E-state index is 13.4. The van der Waals surface area contributed by atoms with Gasteiger partial charge >= 0.3 is 15.2 Å². The van der Waals surface area contributed by atoms with Crippen molar-refractivity contribution < 1.29 is 27.2 Å². The van der Waals surface area contributed by atoms with E-state index in [9.17, 15) is 9.13 Å². The Kier molecular flexibility index (Phi) is 9.29. The lowest BCUT2D eigenvalue weighted by Crippen LogP contribution is -2.05. The molecule has 25 heavy (non-hydrogen) atoms.